The number of hydrogen-bond donors (Lipinski definition) is 2. The molecule has 0 fully saturated rings. The second kappa shape index (κ2) is 9.71. The predicted octanol–water partition coefficient (Wildman–Crippen LogP) is 1.88. The number of benzene rings is 1. The molecule has 2 N–H and O–H groups in total. The topological polar surface area (TPSA) is 50.4 Å². The summed E-state index contributed by atoms with van der Waals surface area (Å²) in [7, 11) is 1.61. The highest BCUT2D eigenvalue weighted by Gasteiger charge is 2.24. The van der Waals surface area contributed by atoms with Crippen LogP contribution in [0, 0.1) is 5.82 Å². The fraction of sp³-hybridized carbons (Fsp3) is 0.533. The Bertz CT molecular complexity index is 441. The van der Waals surface area contributed by atoms with E-state index in [2.05, 4.69) is 10.6 Å². The molecule has 0 aliphatic heterocycles. The van der Waals surface area contributed by atoms with E-state index in [4.69, 9.17) is 4.74 Å². The van der Waals surface area contributed by atoms with Gasteiger partial charge in [-0.25, -0.2) is 4.39 Å². The zero-order valence-corrected chi connectivity index (χ0v) is 13.6. The van der Waals surface area contributed by atoms with Crippen LogP contribution in [-0.2, 0) is 14.9 Å². The molecule has 0 unspecified atom stereocenters. The molecule has 4 nitrogen and oxygen atoms in total. The van der Waals surface area contributed by atoms with Gasteiger partial charge in [0.15, 0.2) is 0 Å². The first-order chi connectivity index (χ1) is 9.47. The Morgan fingerprint density at radius 1 is 1.33 bits per heavy atom. The molecular weight excluding hydrogens is 295 g/mol. The molecule has 6 heteroatoms. The largest absolute Gasteiger partial charge is 0.383 e. The molecule has 0 spiro atoms. The number of methoxy groups -OCH3 is 1. The highest BCUT2D eigenvalue weighted by atomic mass is 35.5. The first kappa shape index (κ1) is 19.8. The van der Waals surface area contributed by atoms with Gasteiger partial charge in [-0.15, -0.1) is 12.4 Å². The average Bonchev–Trinajstić information content (AvgIpc) is 2.42. The van der Waals surface area contributed by atoms with Crippen molar-refractivity contribution >= 4 is 18.3 Å². The minimum Gasteiger partial charge on any atom is -0.383 e. The molecule has 1 rings (SSSR count). The SMILES string of the molecule is COCCNCC(=O)NCC(C)(C)c1ccccc1F.Cl. The number of ether oxygens (including phenoxy) is 1. The molecule has 0 aliphatic carbocycles. The fourth-order valence-electron chi connectivity index (χ4n) is 1.86. The predicted molar refractivity (Wildman–Crippen MR) is 84.4 cm³/mol. The maximum Gasteiger partial charge on any atom is 0.233 e. The van der Waals surface area contributed by atoms with Crippen molar-refractivity contribution in [1.82, 2.24) is 10.6 Å². The summed E-state index contributed by atoms with van der Waals surface area (Å²) in [5.74, 6) is -0.351. The van der Waals surface area contributed by atoms with Gasteiger partial charge in [0.2, 0.25) is 5.91 Å². The summed E-state index contributed by atoms with van der Waals surface area (Å²) in [5, 5.41) is 5.78. The molecular formula is C15H24ClFN2O2. The molecule has 0 aliphatic rings. The maximum atomic E-state index is 13.8. The zero-order chi connectivity index (χ0) is 15.0. The van der Waals surface area contributed by atoms with Gasteiger partial charge >= 0.3 is 0 Å². The Hall–Kier alpha value is -1.17. The van der Waals surface area contributed by atoms with Gasteiger partial charge in [-0.1, -0.05) is 32.0 Å². The zero-order valence-electron chi connectivity index (χ0n) is 12.7. The van der Waals surface area contributed by atoms with Gasteiger partial charge in [-0.2, -0.15) is 0 Å². The van der Waals surface area contributed by atoms with Crippen molar-refractivity contribution in [2.75, 3.05) is 33.4 Å². The van der Waals surface area contributed by atoms with Crippen LogP contribution in [0.3, 0.4) is 0 Å². The Labute approximate surface area is 131 Å². The van der Waals surface area contributed by atoms with E-state index >= 15 is 0 Å². The Kier molecular flexibility index (Phi) is 9.17. The molecule has 120 valence electrons. The van der Waals surface area contributed by atoms with E-state index in [0.717, 1.165) is 0 Å². The lowest BCUT2D eigenvalue weighted by atomic mass is 9.84. The van der Waals surface area contributed by atoms with Crippen LogP contribution in [0.1, 0.15) is 19.4 Å². The second-order valence-electron chi connectivity index (χ2n) is 5.31. The third-order valence-corrected chi connectivity index (χ3v) is 3.10. The van der Waals surface area contributed by atoms with Crippen LogP contribution in [-0.4, -0.2) is 39.3 Å². The molecule has 1 aromatic rings. The van der Waals surface area contributed by atoms with Crippen molar-refractivity contribution in [3.05, 3.63) is 35.6 Å². The number of hydrogen-bond acceptors (Lipinski definition) is 3. The van der Waals surface area contributed by atoms with E-state index in [0.29, 0.717) is 25.3 Å². The van der Waals surface area contributed by atoms with Gasteiger partial charge in [-0.05, 0) is 11.6 Å². The molecule has 21 heavy (non-hydrogen) atoms. The summed E-state index contributed by atoms with van der Waals surface area (Å²) in [6.07, 6.45) is 0. The smallest absolute Gasteiger partial charge is 0.233 e. The van der Waals surface area contributed by atoms with Gasteiger partial charge < -0.3 is 15.4 Å². The van der Waals surface area contributed by atoms with Crippen LogP contribution < -0.4 is 10.6 Å². The van der Waals surface area contributed by atoms with Crippen LogP contribution in [0.5, 0.6) is 0 Å². The van der Waals surface area contributed by atoms with Crippen LogP contribution in [0.2, 0.25) is 0 Å². The molecule has 1 amide bonds. The second-order valence-corrected chi connectivity index (χ2v) is 5.31. The van der Waals surface area contributed by atoms with E-state index in [-0.39, 0.29) is 30.7 Å². The van der Waals surface area contributed by atoms with Crippen LogP contribution in [0.4, 0.5) is 4.39 Å². The lowest BCUT2D eigenvalue weighted by Crippen LogP contribution is -2.41. The number of carbonyl (C=O) groups is 1. The molecule has 0 radical (unpaired) electrons. The number of amides is 1. The Morgan fingerprint density at radius 2 is 2.00 bits per heavy atom. The summed E-state index contributed by atoms with van der Waals surface area (Å²) in [6.45, 7) is 5.62. The number of carbonyl (C=O) groups excluding carboxylic acids is 1. The van der Waals surface area contributed by atoms with Crippen molar-refractivity contribution in [3.63, 3.8) is 0 Å². The van der Waals surface area contributed by atoms with Gasteiger partial charge in [0, 0.05) is 25.6 Å². The van der Waals surface area contributed by atoms with Crippen molar-refractivity contribution in [2.24, 2.45) is 0 Å². The Balaban J connectivity index is 0.00000400. The summed E-state index contributed by atoms with van der Waals surface area (Å²) in [4.78, 5) is 11.7. The van der Waals surface area contributed by atoms with Crippen molar-refractivity contribution in [3.8, 4) is 0 Å². The molecule has 0 atom stereocenters. The Morgan fingerprint density at radius 3 is 2.62 bits per heavy atom. The number of rotatable bonds is 8. The fourth-order valence-corrected chi connectivity index (χ4v) is 1.86. The van der Waals surface area contributed by atoms with E-state index in [1.807, 2.05) is 13.8 Å². The van der Waals surface area contributed by atoms with E-state index in [1.165, 1.54) is 6.07 Å². The average molecular weight is 319 g/mol. The van der Waals surface area contributed by atoms with Crippen LogP contribution in [0.25, 0.3) is 0 Å². The van der Waals surface area contributed by atoms with Gasteiger partial charge in [0.05, 0.1) is 13.2 Å². The molecule has 0 saturated carbocycles. The maximum absolute atomic E-state index is 13.8. The first-order valence-corrected chi connectivity index (χ1v) is 6.69. The quantitative estimate of drug-likeness (QED) is 0.720. The monoisotopic (exact) mass is 318 g/mol. The molecule has 0 aromatic heterocycles. The number of halogens is 2. The van der Waals surface area contributed by atoms with E-state index in [9.17, 15) is 9.18 Å². The van der Waals surface area contributed by atoms with Gasteiger partial charge in [0.25, 0.3) is 0 Å². The van der Waals surface area contributed by atoms with Crippen molar-refractivity contribution < 1.29 is 13.9 Å². The summed E-state index contributed by atoms with van der Waals surface area (Å²) >= 11 is 0. The molecule has 0 bridgehead atoms. The standard InChI is InChI=1S/C15H23FN2O2.ClH/c1-15(2,12-6-4-5-7-13(12)16)11-18-14(19)10-17-8-9-20-3;/h4-7,17H,8-11H2,1-3H3,(H,18,19);1H. The normalized spacial score (nSPS) is 10.9. The third-order valence-electron chi connectivity index (χ3n) is 3.10. The van der Waals surface area contributed by atoms with Gasteiger partial charge in [0.1, 0.15) is 5.82 Å². The van der Waals surface area contributed by atoms with E-state index in [1.54, 1.807) is 25.3 Å². The number of nitrogens with one attached hydrogen (secondary N) is 2. The van der Waals surface area contributed by atoms with E-state index < -0.39 is 5.41 Å². The molecule has 0 heterocycles. The highest BCUT2D eigenvalue weighted by Crippen LogP contribution is 2.24. The van der Waals surface area contributed by atoms with Crippen molar-refractivity contribution in [1.29, 1.82) is 0 Å². The van der Waals surface area contributed by atoms with Gasteiger partial charge in [-0.3, -0.25) is 4.79 Å². The van der Waals surface area contributed by atoms with Crippen LogP contribution in [0.15, 0.2) is 24.3 Å². The summed E-state index contributed by atoms with van der Waals surface area (Å²) < 4.78 is 18.6. The minimum atomic E-state index is -0.451. The third kappa shape index (κ3) is 6.89. The minimum absolute atomic E-state index is 0. The lowest BCUT2D eigenvalue weighted by Gasteiger charge is -2.26. The highest BCUT2D eigenvalue weighted by molar-refractivity contribution is 5.85. The molecule has 0 saturated heterocycles. The van der Waals surface area contributed by atoms with Crippen molar-refractivity contribution in [2.45, 2.75) is 19.3 Å². The lowest BCUT2D eigenvalue weighted by molar-refractivity contribution is -0.120. The molecule has 1 aromatic carbocycles. The summed E-state index contributed by atoms with van der Waals surface area (Å²) in [5.41, 5.74) is 0.153. The van der Waals surface area contributed by atoms with Crippen LogP contribution >= 0.6 is 12.4 Å². The first-order valence-electron chi connectivity index (χ1n) is 6.69. The summed E-state index contributed by atoms with van der Waals surface area (Å²) in [6, 6.07) is 6.64.